The molecule has 0 saturated heterocycles. The van der Waals surface area contributed by atoms with E-state index >= 15 is 0 Å². The maximum absolute atomic E-state index is 11.8. The van der Waals surface area contributed by atoms with E-state index in [1.807, 2.05) is 24.3 Å². The zero-order valence-electron chi connectivity index (χ0n) is 23.2. The van der Waals surface area contributed by atoms with Gasteiger partial charge in [0.15, 0.2) is 8.32 Å². The number of benzene rings is 2. The van der Waals surface area contributed by atoms with Crippen LogP contribution in [0.1, 0.15) is 57.4 Å². The number of carboxylic acids is 1. The molecule has 0 aliphatic carbocycles. The Morgan fingerprint density at radius 1 is 1.03 bits per heavy atom. The molecule has 0 amide bonds. The second-order valence-electron chi connectivity index (χ2n) is 11.8. The minimum Gasteiger partial charge on any atom is -0.506 e. The second-order valence-corrected chi connectivity index (χ2v) is 18.4. The lowest BCUT2D eigenvalue weighted by Crippen LogP contribution is -2.47. The summed E-state index contributed by atoms with van der Waals surface area (Å²) in [6.45, 7) is 15.5. The fraction of sp³-hybridized carbons (Fsp3) is 0.519. The van der Waals surface area contributed by atoms with Crippen molar-refractivity contribution in [2.75, 3.05) is 17.5 Å². The van der Waals surface area contributed by atoms with Gasteiger partial charge in [0, 0.05) is 12.1 Å². The van der Waals surface area contributed by atoms with Crippen LogP contribution in [0.4, 0.5) is 5.69 Å². The lowest BCUT2D eigenvalue weighted by molar-refractivity contribution is -0.136. The Balaban J connectivity index is 2.29. The number of carboxylic acid groups (broad SMARTS) is 1. The SMILES string of the molecule is CC(C)(Cc1ccc(CC(=O)O)cc1)NC[C@@H](O[Si](C)(C)C(C)(C)C)c1ccc(O)c(NS(C)(=O)=O)c1. The molecule has 37 heavy (non-hydrogen) atoms. The van der Waals surface area contributed by atoms with E-state index in [2.05, 4.69) is 57.8 Å². The molecular weight excluding hydrogens is 508 g/mol. The molecule has 206 valence electrons. The van der Waals surface area contributed by atoms with Gasteiger partial charge in [-0.1, -0.05) is 51.1 Å². The monoisotopic (exact) mass is 550 g/mol. The quantitative estimate of drug-likeness (QED) is 0.215. The standard InChI is InChI=1S/C27H42N2O6SSi/c1-26(2,3)37(7,8)35-24(21-13-14-23(30)22(16-21)29-36(6,33)34)18-28-27(4,5)17-20-11-9-19(10-12-20)15-25(31)32/h9-14,16,24,28-30H,15,17-18H2,1-8H3,(H,31,32)/t24-/m1/s1. The molecule has 0 aliphatic heterocycles. The summed E-state index contributed by atoms with van der Waals surface area (Å²) < 4.78 is 32.8. The molecule has 2 rings (SSSR count). The fourth-order valence-electron chi connectivity index (χ4n) is 3.69. The van der Waals surface area contributed by atoms with Crippen molar-refractivity contribution in [1.82, 2.24) is 5.32 Å². The van der Waals surface area contributed by atoms with Gasteiger partial charge in [-0.2, -0.15) is 0 Å². The summed E-state index contributed by atoms with van der Waals surface area (Å²) >= 11 is 0. The number of phenols is 1. The molecule has 0 aliphatic rings. The van der Waals surface area contributed by atoms with Gasteiger partial charge in [-0.05, 0) is 67.2 Å². The van der Waals surface area contributed by atoms with Crippen LogP contribution in [0, 0.1) is 0 Å². The molecular formula is C27H42N2O6SSi. The van der Waals surface area contributed by atoms with Crippen LogP contribution in [-0.4, -0.2) is 51.3 Å². The first-order valence-electron chi connectivity index (χ1n) is 12.3. The Morgan fingerprint density at radius 2 is 1.59 bits per heavy atom. The number of hydrogen-bond acceptors (Lipinski definition) is 6. The summed E-state index contributed by atoms with van der Waals surface area (Å²) in [6, 6.07) is 12.5. The summed E-state index contributed by atoms with van der Waals surface area (Å²) in [7, 11) is -5.78. The van der Waals surface area contributed by atoms with Crippen molar-refractivity contribution < 1.29 is 27.9 Å². The lowest BCUT2D eigenvalue weighted by Gasteiger charge is -2.40. The summed E-state index contributed by atoms with van der Waals surface area (Å²) in [5.74, 6) is -1.01. The molecule has 0 fully saturated rings. The topological polar surface area (TPSA) is 125 Å². The van der Waals surface area contributed by atoms with Crippen molar-refractivity contribution >= 4 is 30.0 Å². The van der Waals surface area contributed by atoms with E-state index < -0.39 is 24.3 Å². The third-order valence-electron chi connectivity index (χ3n) is 6.72. The van der Waals surface area contributed by atoms with Gasteiger partial charge in [0.1, 0.15) is 5.75 Å². The number of nitrogens with one attached hydrogen (secondary N) is 2. The first-order chi connectivity index (χ1) is 16.8. The molecule has 0 saturated carbocycles. The highest BCUT2D eigenvalue weighted by Crippen LogP contribution is 2.40. The summed E-state index contributed by atoms with van der Waals surface area (Å²) in [5, 5.41) is 22.8. The number of phenolic OH excluding ortho intramolecular Hbond substituents is 1. The molecule has 1 atom stereocenters. The highest BCUT2D eigenvalue weighted by molar-refractivity contribution is 7.92. The number of aromatic hydroxyl groups is 1. The molecule has 0 radical (unpaired) electrons. The van der Waals surface area contributed by atoms with Gasteiger partial charge in [-0.3, -0.25) is 9.52 Å². The predicted octanol–water partition coefficient (Wildman–Crippen LogP) is 5.06. The van der Waals surface area contributed by atoms with Gasteiger partial charge in [0.25, 0.3) is 0 Å². The summed E-state index contributed by atoms with van der Waals surface area (Å²) in [6.07, 6.45) is 1.38. The summed E-state index contributed by atoms with van der Waals surface area (Å²) in [4.78, 5) is 11.0. The number of carbonyl (C=O) groups is 1. The molecule has 4 N–H and O–H groups in total. The Bertz CT molecular complexity index is 1190. The van der Waals surface area contributed by atoms with Crippen molar-refractivity contribution in [3.8, 4) is 5.75 Å². The zero-order valence-corrected chi connectivity index (χ0v) is 25.0. The van der Waals surface area contributed by atoms with E-state index in [0.717, 1.165) is 22.9 Å². The van der Waals surface area contributed by atoms with Gasteiger partial charge >= 0.3 is 5.97 Å². The lowest BCUT2D eigenvalue weighted by atomic mass is 9.93. The predicted molar refractivity (Wildman–Crippen MR) is 151 cm³/mol. The number of aliphatic carboxylic acids is 1. The maximum Gasteiger partial charge on any atom is 0.307 e. The molecule has 10 heteroatoms. The zero-order chi connectivity index (χ0) is 28.2. The Morgan fingerprint density at radius 3 is 2.11 bits per heavy atom. The second kappa shape index (κ2) is 11.5. The van der Waals surface area contributed by atoms with Crippen LogP contribution in [0.2, 0.25) is 18.1 Å². The smallest absolute Gasteiger partial charge is 0.307 e. The third-order valence-corrected chi connectivity index (χ3v) is 11.8. The Hall–Kier alpha value is -2.40. The van der Waals surface area contributed by atoms with Crippen molar-refractivity contribution in [1.29, 1.82) is 0 Å². The van der Waals surface area contributed by atoms with E-state index in [9.17, 15) is 18.3 Å². The Kier molecular flexibility index (Phi) is 9.62. The van der Waals surface area contributed by atoms with E-state index in [-0.39, 0.29) is 34.5 Å². The molecule has 0 heterocycles. The van der Waals surface area contributed by atoms with Crippen molar-refractivity contribution in [3.05, 3.63) is 59.2 Å². The largest absolute Gasteiger partial charge is 0.506 e. The summed E-state index contributed by atoms with van der Waals surface area (Å²) in [5.41, 5.74) is 2.40. The molecule has 2 aromatic carbocycles. The normalized spacial score (nSPS) is 13.8. The number of sulfonamides is 1. The molecule has 0 spiro atoms. The van der Waals surface area contributed by atoms with Gasteiger partial charge in [-0.15, -0.1) is 0 Å². The van der Waals surface area contributed by atoms with E-state index in [1.165, 1.54) is 6.07 Å². The van der Waals surface area contributed by atoms with Crippen molar-refractivity contribution in [2.24, 2.45) is 0 Å². The molecule has 0 unspecified atom stereocenters. The van der Waals surface area contributed by atoms with E-state index in [4.69, 9.17) is 9.53 Å². The van der Waals surface area contributed by atoms with Crippen molar-refractivity contribution in [2.45, 2.75) is 77.2 Å². The third kappa shape index (κ3) is 9.77. The van der Waals surface area contributed by atoms with Crippen LogP contribution in [0.15, 0.2) is 42.5 Å². The van der Waals surface area contributed by atoms with E-state index in [1.54, 1.807) is 12.1 Å². The van der Waals surface area contributed by atoms with Crippen LogP contribution in [0.3, 0.4) is 0 Å². The number of hydrogen-bond donors (Lipinski definition) is 4. The number of anilines is 1. The first-order valence-corrected chi connectivity index (χ1v) is 17.1. The molecule has 2 aromatic rings. The average molecular weight is 551 g/mol. The highest BCUT2D eigenvalue weighted by Gasteiger charge is 2.40. The van der Waals surface area contributed by atoms with Gasteiger partial charge in [-0.25, -0.2) is 8.42 Å². The van der Waals surface area contributed by atoms with Crippen LogP contribution in [-0.2, 0) is 32.1 Å². The number of rotatable bonds is 12. The Labute approximate surface area is 222 Å². The average Bonchev–Trinajstić information content (AvgIpc) is 2.72. The first kappa shape index (κ1) is 30.8. The van der Waals surface area contributed by atoms with Crippen LogP contribution in [0.25, 0.3) is 0 Å². The fourth-order valence-corrected chi connectivity index (χ4v) is 5.53. The van der Waals surface area contributed by atoms with Crippen LogP contribution < -0.4 is 10.0 Å². The molecule has 0 aromatic heterocycles. The van der Waals surface area contributed by atoms with Gasteiger partial charge < -0.3 is 20.0 Å². The molecule has 0 bridgehead atoms. The van der Waals surface area contributed by atoms with E-state index in [0.29, 0.717) is 13.0 Å². The van der Waals surface area contributed by atoms with Crippen LogP contribution in [0.5, 0.6) is 5.75 Å². The highest BCUT2D eigenvalue weighted by atomic mass is 32.2. The van der Waals surface area contributed by atoms with Crippen LogP contribution >= 0.6 is 0 Å². The minimum absolute atomic E-state index is 0.00278. The molecule has 8 nitrogen and oxygen atoms in total. The maximum atomic E-state index is 11.8. The van der Waals surface area contributed by atoms with Gasteiger partial charge in [0.05, 0.1) is 24.5 Å². The van der Waals surface area contributed by atoms with Crippen molar-refractivity contribution in [3.63, 3.8) is 0 Å². The van der Waals surface area contributed by atoms with Gasteiger partial charge in [0.2, 0.25) is 10.0 Å². The minimum atomic E-state index is -3.57.